The summed E-state index contributed by atoms with van der Waals surface area (Å²) in [6.45, 7) is 7.03. The summed E-state index contributed by atoms with van der Waals surface area (Å²) in [5.74, 6) is 0.839. The van der Waals surface area contributed by atoms with Gasteiger partial charge in [-0.25, -0.2) is 0 Å². The number of rotatable bonds is 2. The largest absolute Gasteiger partial charge is 0.316 e. The van der Waals surface area contributed by atoms with Crippen LogP contribution >= 0.6 is 0 Å². The van der Waals surface area contributed by atoms with E-state index in [0.717, 1.165) is 25.3 Å². The zero-order valence-electron chi connectivity index (χ0n) is 11.1. The fraction of sp³-hybridized carbons (Fsp3) is 0.533. The minimum atomic E-state index is -0.372. The van der Waals surface area contributed by atoms with Crippen LogP contribution in [0.1, 0.15) is 25.8 Å². The Hall–Kier alpha value is -1.35. The summed E-state index contributed by atoms with van der Waals surface area (Å²) in [7, 11) is 0. The molecule has 0 saturated carbocycles. The Morgan fingerprint density at radius 3 is 2.89 bits per heavy atom. The fourth-order valence-corrected chi connectivity index (χ4v) is 3.11. The maximum atomic E-state index is 12.6. The molecule has 1 N–H and O–H groups in total. The van der Waals surface area contributed by atoms with Crippen molar-refractivity contribution in [2.75, 3.05) is 24.5 Å². The smallest absolute Gasteiger partial charge is 0.237 e. The van der Waals surface area contributed by atoms with Crippen molar-refractivity contribution in [3.8, 4) is 0 Å². The van der Waals surface area contributed by atoms with E-state index in [1.54, 1.807) is 0 Å². The molecule has 0 radical (unpaired) electrons. The number of nitrogens with one attached hydrogen (secondary N) is 1. The standard InChI is InChI=1S/C15H20N2O/c1-15(2)12-5-3-4-6-13(12)17(14(15)18)10-11-7-8-16-9-11/h3-6,11,16H,7-10H2,1-2H3. The van der Waals surface area contributed by atoms with Gasteiger partial charge in [0.15, 0.2) is 0 Å². The highest BCUT2D eigenvalue weighted by Gasteiger charge is 2.44. The van der Waals surface area contributed by atoms with Crippen LogP contribution in [-0.2, 0) is 10.2 Å². The van der Waals surface area contributed by atoms with Gasteiger partial charge in [0.25, 0.3) is 0 Å². The average molecular weight is 244 g/mol. The maximum Gasteiger partial charge on any atom is 0.237 e. The number of carbonyl (C=O) groups excluding carboxylic acids is 1. The highest BCUT2D eigenvalue weighted by atomic mass is 16.2. The predicted octanol–water partition coefficient (Wildman–Crippen LogP) is 1.92. The highest BCUT2D eigenvalue weighted by Crippen LogP contribution is 2.41. The SMILES string of the molecule is CC1(C)C(=O)N(CC2CCNC2)c2ccccc21. The third-order valence-corrected chi connectivity index (χ3v) is 4.25. The summed E-state index contributed by atoms with van der Waals surface area (Å²) in [4.78, 5) is 14.6. The van der Waals surface area contributed by atoms with Gasteiger partial charge in [-0.2, -0.15) is 0 Å². The van der Waals surface area contributed by atoms with Crippen molar-refractivity contribution in [3.63, 3.8) is 0 Å². The molecule has 0 bridgehead atoms. The van der Waals surface area contributed by atoms with Gasteiger partial charge in [0.1, 0.15) is 0 Å². The molecule has 2 aliphatic rings. The van der Waals surface area contributed by atoms with E-state index in [-0.39, 0.29) is 11.3 Å². The number of nitrogens with zero attached hydrogens (tertiary/aromatic N) is 1. The van der Waals surface area contributed by atoms with Crippen molar-refractivity contribution in [2.45, 2.75) is 25.7 Å². The molecular formula is C15H20N2O. The van der Waals surface area contributed by atoms with Crippen LogP contribution in [-0.4, -0.2) is 25.5 Å². The van der Waals surface area contributed by atoms with E-state index in [1.807, 2.05) is 30.9 Å². The first kappa shape index (κ1) is 11.7. The first-order valence-corrected chi connectivity index (χ1v) is 6.73. The van der Waals surface area contributed by atoms with Gasteiger partial charge in [-0.15, -0.1) is 0 Å². The summed E-state index contributed by atoms with van der Waals surface area (Å²) in [6.07, 6.45) is 1.17. The quantitative estimate of drug-likeness (QED) is 0.862. The molecular weight excluding hydrogens is 224 g/mol. The molecule has 1 saturated heterocycles. The van der Waals surface area contributed by atoms with E-state index < -0.39 is 0 Å². The second kappa shape index (κ2) is 4.09. The first-order chi connectivity index (χ1) is 8.60. The fourth-order valence-electron chi connectivity index (χ4n) is 3.11. The Morgan fingerprint density at radius 2 is 2.17 bits per heavy atom. The van der Waals surface area contributed by atoms with Gasteiger partial charge < -0.3 is 10.2 Å². The molecule has 3 heteroatoms. The number of anilines is 1. The van der Waals surface area contributed by atoms with Gasteiger partial charge >= 0.3 is 0 Å². The lowest BCUT2D eigenvalue weighted by molar-refractivity contribution is -0.122. The summed E-state index contributed by atoms with van der Waals surface area (Å²) in [5.41, 5.74) is 1.91. The Bertz CT molecular complexity index is 475. The molecule has 1 unspecified atom stereocenters. The molecule has 2 heterocycles. The lowest BCUT2D eigenvalue weighted by Gasteiger charge is -2.23. The predicted molar refractivity (Wildman–Crippen MR) is 72.8 cm³/mol. The van der Waals surface area contributed by atoms with E-state index in [4.69, 9.17) is 0 Å². The molecule has 1 aromatic rings. The molecule has 0 aliphatic carbocycles. The van der Waals surface area contributed by atoms with Crippen LogP contribution in [0.2, 0.25) is 0 Å². The molecule has 2 aliphatic heterocycles. The van der Waals surface area contributed by atoms with Gasteiger partial charge in [0.2, 0.25) is 5.91 Å². The van der Waals surface area contributed by atoms with Gasteiger partial charge in [-0.3, -0.25) is 4.79 Å². The molecule has 1 atom stereocenters. The Balaban J connectivity index is 1.93. The van der Waals surface area contributed by atoms with Crippen molar-refractivity contribution in [2.24, 2.45) is 5.92 Å². The molecule has 3 nitrogen and oxygen atoms in total. The van der Waals surface area contributed by atoms with E-state index in [1.165, 1.54) is 12.0 Å². The number of benzene rings is 1. The van der Waals surface area contributed by atoms with Crippen LogP contribution in [0.15, 0.2) is 24.3 Å². The zero-order valence-corrected chi connectivity index (χ0v) is 11.1. The van der Waals surface area contributed by atoms with Crippen LogP contribution < -0.4 is 10.2 Å². The molecule has 96 valence electrons. The van der Waals surface area contributed by atoms with Gasteiger partial charge in [-0.05, 0) is 50.9 Å². The van der Waals surface area contributed by atoms with Crippen molar-refractivity contribution in [1.82, 2.24) is 5.32 Å². The van der Waals surface area contributed by atoms with Crippen molar-refractivity contribution in [3.05, 3.63) is 29.8 Å². The summed E-state index contributed by atoms with van der Waals surface area (Å²) >= 11 is 0. The lowest BCUT2D eigenvalue weighted by Crippen LogP contribution is -2.39. The Labute approximate surface area is 108 Å². The first-order valence-electron chi connectivity index (χ1n) is 6.73. The molecule has 1 aromatic carbocycles. The number of para-hydroxylation sites is 1. The minimum Gasteiger partial charge on any atom is -0.316 e. The number of fused-ring (bicyclic) bond motifs is 1. The van der Waals surface area contributed by atoms with Crippen LogP contribution in [0.4, 0.5) is 5.69 Å². The third kappa shape index (κ3) is 1.65. The normalized spacial score (nSPS) is 25.6. The van der Waals surface area contributed by atoms with Crippen LogP contribution in [0, 0.1) is 5.92 Å². The van der Waals surface area contributed by atoms with E-state index in [9.17, 15) is 4.79 Å². The van der Waals surface area contributed by atoms with Crippen LogP contribution in [0.3, 0.4) is 0 Å². The van der Waals surface area contributed by atoms with Crippen LogP contribution in [0.25, 0.3) is 0 Å². The van der Waals surface area contributed by atoms with Crippen molar-refractivity contribution >= 4 is 11.6 Å². The molecule has 0 aromatic heterocycles. The summed E-state index contributed by atoms with van der Waals surface area (Å²) in [5, 5.41) is 3.37. The molecule has 18 heavy (non-hydrogen) atoms. The molecule has 1 amide bonds. The maximum absolute atomic E-state index is 12.6. The second-order valence-electron chi connectivity index (χ2n) is 5.92. The highest BCUT2D eigenvalue weighted by molar-refractivity contribution is 6.07. The number of hydrogen-bond donors (Lipinski definition) is 1. The molecule has 0 spiro atoms. The summed E-state index contributed by atoms with van der Waals surface area (Å²) in [6, 6.07) is 8.20. The van der Waals surface area contributed by atoms with Crippen molar-refractivity contribution in [1.29, 1.82) is 0 Å². The van der Waals surface area contributed by atoms with Gasteiger partial charge in [0, 0.05) is 12.2 Å². The molecule has 3 rings (SSSR count). The topological polar surface area (TPSA) is 32.3 Å². The minimum absolute atomic E-state index is 0.246. The third-order valence-electron chi connectivity index (χ3n) is 4.25. The van der Waals surface area contributed by atoms with Gasteiger partial charge in [-0.1, -0.05) is 18.2 Å². The zero-order chi connectivity index (χ0) is 12.8. The second-order valence-corrected chi connectivity index (χ2v) is 5.92. The molecule has 1 fully saturated rings. The summed E-state index contributed by atoms with van der Waals surface area (Å²) < 4.78 is 0. The monoisotopic (exact) mass is 244 g/mol. The van der Waals surface area contributed by atoms with Crippen molar-refractivity contribution < 1.29 is 4.79 Å². The number of amides is 1. The van der Waals surface area contributed by atoms with E-state index >= 15 is 0 Å². The number of hydrogen-bond acceptors (Lipinski definition) is 2. The number of carbonyl (C=O) groups is 1. The van der Waals surface area contributed by atoms with Gasteiger partial charge in [0.05, 0.1) is 5.41 Å². The Kier molecular flexibility index (Phi) is 2.67. The van der Waals surface area contributed by atoms with E-state index in [2.05, 4.69) is 17.4 Å². The van der Waals surface area contributed by atoms with E-state index in [0.29, 0.717) is 5.92 Å². The lowest BCUT2D eigenvalue weighted by atomic mass is 9.86. The Morgan fingerprint density at radius 1 is 1.39 bits per heavy atom. The average Bonchev–Trinajstić information content (AvgIpc) is 2.93. The van der Waals surface area contributed by atoms with Crippen LogP contribution in [0.5, 0.6) is 0 Å².